The highest BCUT2D eigenvalue weighted by atomic mass is 16.4. The first-order chi connectivity index (χ1) is 17.9. The quantitative estimate of drug-likeness (QED) is 0.353. The lowest BCUT2D eigenvalue weighted by molar-refractivity contribution is -0.136. The molecule has 1 aliphatic carbocycles. The van der Waals surface area contributed by atoms with Crippen LogP contribution < -0.4 is 5.32 Å². The highest BCUT2D eigenvalue weighted by Crippen LogP contribution is 2.39. The Bertz CT molecular complexity index is 1080. The molecule has 0 aliphatic heterocycles. The van der Waals surface area contributed by atoms with Crippen molar-refractivity contribution in [2.75, 3.05) is 13.6 Å². The van der Waals surface area contributed by atoms with Gasteiger partial charge < -0.3 is 15.5 Å². The summed E-state index contributed by atoms with van der Waals surface area (Å²) in [4.78, 5) is 26.8. The van der Waals surface area contributed by atoms with Crippen molar-refractivity contribution < 1.29 is 19.8 Å². The van der Waals surface area contributed by atoms with Crippen LogP contribution in [0.3, 0.4) is 0 Å². The Labute approximate surface area is 236 Å². The minimum absolute atomic E-state index is 0.110. The monoisotopic (exact) mass is 546 g/mol. The van der Waals surface area contributed by atoms with E-state index in [1.165, 1.54) is 6.42 Å². The fraction of sp³-hybridized carbons (Fsp3) is 0.677. The molecule has 2 aromatic heterocycles. The van der Waals surface area contributed by atoms with E-state index >= 15 is 0 Å². The van der Waals surface area contributed by atoms with E-state index in [1.54, 1.807) is 31.4 Å². The summed E-state index contributed by atoms with van der Waals surface area (Å²) >= 11 is 0. The molecule has 0 bridgehead atoms. The number of rotatable bonds is 6. The number of aliphatic hydroxyl groups is 1. The molecule has 0 atom stereocenters. The molecule has 0 unspecified atom stereocenters. The molecular weight excluding hydrogens is 492 g/mol. The number of carboxylic acid groups (broad SMARTS) is 1. The number of nitrogens with one attached hydrogen (secondary N) is 1. The maximum atomic E-state index is 11.3. The first kappa shape index (κ1) is 36.4. The predicted octanol–water partition coefficient (Wildman–Crippen LogP) is 6.52. The van der Waals surface area contributed by atoms with Crippen molar-refractivity contribution in [1.29, 1.82) is 0 Å². The van der Waals surface area contributed by atoms with E-state index in [2.05, 4.69) is 56.1 Å². The lowest BCUT2D eigenvalue weighted by Crippen LogP contribution is -2.18. The number of aryl methyl sites for hydroxylation is 1. The van der Waals surface area contributed by atoms with Gasteiger partial charge in [-0.2, -0.15) is 5.10 Å². The summed E-state index contributed by atoms with van der Waals surface area (Å²) in [6, 6.07) is 1.63. The van der Waals surface area contributed by atoms with Gasteiger partial charge in [0.15, 0.2) is 11.9 Å². The van der Waals surface area contributed by atoms with Gasteiger partial charge in [0.1, 0.15) is 5.69 Å². The van der Waals surface area contributed by atoms with Gasteiger partial charge in [-0.25, -0.2) is 9.50 Å². The smallest absolute Gasteiger partial charge is 0.307 e. The average Bonchev–Trinajstić information content (AvgIpc) is 3.21. The van der Waals surface area contributed by atoms with Crippen molar-refractivity contribution >= 4 is 23.5 Å². The van der Waals surface area contributed by atoms with E-state index in [4.69, 9.17) is 5.11 Å². The third kappa shape index (κ3) is 14.4. The summed E-state index contributed by atoms with van der Waals surface area (Å²) in [6.45, 7) is 23.4. The number of carbonyl (C=O) groups excluding carboxylic acids is 1. The maximum Gasteiger partial charge on any atom is 0.307 e. The van der Waals surface area contributed by atoms with Gasteiger partial charge >= 0.3 is 5.97 Å². The Hall–Kier alpha value is -2.58. The third-order valence-electron chi connectivity index (χ3n) is 5.78. The molecule has 0 saturated carbocycles. The van der Waals surface area contributed by atoms with E-state index in [0.717, 1.165) is 37.1 Å². The normalized spacial score (nSPS) is 14.5. The minimum atomic E-state index is -0.903. The van der Waals surface area contributed by atoms with Gasteiger partial charge in [-0.1, -0.05) is 54.5 Å². The van der Waals surface area contributed by atoms with Gasteiger partial charge in [0.25, 0.3) is 0 Å². The van der Waals surface area contributed by atoms with E-state index in [1.807, 2.05) is 27.8 Å². The molecule has 0 aromatic carbocycles. The number of carboxylic acids is 1. The van der Waals surface area contributed by atoms with Gasteiger partial charge in [0.2, 0.25) is 0 Å². The molecule has 0 saturated heterocycles. The zero-order valence-corrected chi connectivity index (χ0v) is 26.5. The number of nitrogens with zero attached hydrogens (tertiary/aromatic N) is 3. The number of aldehydes is 1. The Balaban J connectivity index is 0.000000799. The number of aromatic nitrogens is 3. The number of allylic oxidation sites excluding steroid dienone is 2. The lowest BCUT2D eigenvalue weighted by atomic mass is 9.77. The summed E-state index contributed by atoms with van der Waals surface area (Å²) < 4.78 is 1.62. The van der Waals surface area contributed by atoms with E-state index in [9.17, 15) is 14.7 Å². The van der Waals surface area contributed by atoms with Crippen LogP contribution in [0.15, 0.2) is 12.1 Å². The van der Waals surface area contributed by atoms with Crippen LogP contribution in [0.4, 0.5) is 0 Å². The van der Waals surface area contributed by atoms with Crippen LogP contribution >= 0.6 is 0 Å². The zero-order valence-electron chi connectivity index (χ0n) is 26.5. The van der Waals surface area contributed by atoms with Crippen molar-refractivity contribution in [2.45, 2.75) is 114 Å². The second kappa shape index (κ2) is 15.9. The molecule has 0 spiro atoms. The summed E-state index contributed by atoms with van der Waals surface area (Å²) in [6.07, 6.45) is 6.81. The van der Waals surface area contributed by atoms with E-state index in [-0.39, 0.29) is 11.8 Å². The summed E-state index contributed by atoms with van der Waals surface area (Å²) in [5, 5.41) is 25.2. The molecule has 1 aliphatic rings. The highest BCUT2D eigenvalue weighted by Gasteiger charge is 2.26. The summed E-state index contributed by atoms with van der Waals surface area (Å²) in [5.74, 6) is -0.903. The molecule has 0 amide bonds. The van der Waals surface area contributed by atoms with Crippen LogP contribution in [0, 0.1) is 17.8 Å². The number of carbonyl (C=O) groups is 2. The van der Waals surface area contributed by atoms with Gasteiger partial charge in [-0.3, -0.25) is 9.59 Å². The van der Waals surface area contributed by atoms with Gasteiger partial charge in [0, 0.05) is 17.3 Å². The van der Waals surface area contributed by atoms with Crippen molar-refractivity contribution in [3.05, 3.63) is 34.8 Å². The van der Waals surface area contributed by atoms with Crippen LogP contribution in [0.5, 0.6) is 0 Å². The maximum absolute atomic E-state index is 11.3. The molecule has 2 aromatic rings. The molecule has 8 heteroatoms. The molecule has 3 N–H and O–H groups in total. The standard InChI is InChI=1S/C18H21N3O3.C7H17N.C4H10O.C2H6/c1-11-14(9-16(23)24)17(12-4-6-18(2,3)7-5-12)21-15(19-11)8-13(10-22)20-21;1-7(2,3)5-6-8-4;1-4(2,3)5;1-2/h4,8,10H,5-7,9H2,1-3H3,(H,23,24);8H,5-6H2,1-4H3;5H,1-3H3;1-2H3. The first-order valence-electron chi connectivity index (χ1n) is 14.0. The van der Waals surface area contributed by atoms with Crippen LogP contribution in [0.25, 0.3) is 11.2 Å². The Kier molecular flexibility index (Phi) is 14.8. The lowest BCUT2D eigenvalue weighted by Gasteiger charge is -2.29. The molecule has 8 nitrogen and oxygen atoms in total. The fourth-order valence-corrected chi connectivity index (χ4v) is 3.71. The zero-order chi connectivity index (χ0) is 30.6. The number of hydrogen-bond donors (Lipinski definition) is 3. The largest absolute Gasteiger partial charge is 0.481 e. The van der Waals surface area contributed by atoms with Gasteiger partial charge in [-0.05, 0) is 83.4 Å². The minimum Gasteiger partial charge on any atom is -0.481 e. The van der Waals surface area contributed by atoms with Crippen molar-refractivity contribution in [3.8, 4) is 0 Å². The molecule has 222 valence electrons. The molecule has 3 rings (SSSR count). The fourth-order valence-electron chi connectivity index (χ4n) is 3.71. The van der Waals surface area contributed by atoms with Crippen LogP contribution in [0.1, 0.15) is 122 Å². The second-order valence-electron chi connectivity index (χ2n) is 12.7. The molecular formula is C31H54N4O4. The second-order valence-corrected chi connectivity index (χ2v) is 12.7. The molecule has 0 radical (unpaired) electrons. The molecule has 2 heterocycles. The third-order valence-corrected chi connectivity index (χ3v) is 5.78. The molecule has 39 heavy (non-hydrogen) atoms. The Morgan fingerprint density at radius 2 is 1.74 bits per heavy atom. The van der Waals surface area contributed by atoms with Gasteiger partial charge in [0.05, 0.1) is 17.7 Å². The van der Waals surface area contributed by atoms with Crippen molar-refractivity contribution in [3.63, 3.8) is 0 Å². The van der Waals surface area contributed by atoms with Crippen LogP contribution in [-0.2, 0) is 11.2 Å². The van der Waals surface area contributed by atoms with E-state index in [0.29, 0.717) is 34.3 Å². The SMILES string of the molecule is CC.CC(C)(C)O.CNCCC(C)(C)C.Cc1nc2cc(C=O)nn2c(C2=CCC(C)(C)CC2)c1CC(=O)O. The topological polar surface area (TPSA) is 117 Å². The number of hydrogen-bond acceptors (Lipinski definition) is 6. The average molecular weight is 547 g/mol. The van der Waals surface area contributed by atoms with Crippen molar-refractivity contribution in [1.82, 2.24) is 19.9 Å². The Morgan fingerprint density at radius 1 is 1.18 bits per heavy atom. The Morgan fingerprint density at radius 3 is 2.13 bits per heavy atom. The highest BCUT2D eigenvalue weighted by molar-refractivity contribution is 5.78. The van der Waals surface area contributed by atoms with Gasteiger partial charge in [-0.15, -0.1) is 0 Å². The predicted molar refractivity (Wildman–Crippen MR) is 161 cm³/mol. The van der Waals surface area contributed by atoms with Crippen molar-refractivity contribution in [2.24, 2.45) is 10.8 Å². The van der Waals surface area contributed by atoms with Crippen LogP contribution in [-0.4, -0.2) is 56.3 Å². The number of aliphatic carboxylic acids is 1. The van der Waals surface area contributed by atoms with Crippen LogP contribution in [0.2, 0.25) is 0 Å². The summed E-state index contributed by atoms with van der Waals surface area (Å²) in [5.41, 5.74) is 4.31. The first-order valence-corrected chi connectivity index (χ1v) is 14.0. The number of fused-ring (bicyclic) bond motifs is 1. The summed E-state index contributed by atoms with van der Waals surface area (Å²) in [7, 11) is 1.99. The van der Waals surface area contributed by atoms with E-state index < -0.39 is 11.6 Å². The molecule has 0 fully saturated rings.